The molecule has 1 aliphatic rings. The van der Waals surface area contributed by atoms with E-state index in [0.29, 0.717) is 6.61 Å². The zero-order valence-electron chi connectivity index (χ0n) is 21.2. The Morgan fingerprint density at radius 3 is 1.59 bits per heavy atom. The average molecular weight is 495 g/mol. The monoisotopic (exact) mass is 494 g/mol. The van der Waals surface area contributed by atoms with E-state index in [-0.39, 0.29) is 6.61 Å². The summed E-state index contributed by atoms with van der Waals surface area (Å²) in [6.07, 6.45) is 21.1. The van der Waals surface area contributed by atoms with E-state index in [9.17, 15) is 9.46 Å². The van der Waals surface area contributed by atoms with E-state index in [2.05, 4.69) is 14.0 Å². The summed E-state index contributed by atoms with van der Waals surface area (Å²) in [5, 5.41) is 0. The van der Waals surface area contributed by atoms with E-state index in [1.165, 1.54) is 89.9 Å². The van der Waals surface area contributed by atoms with Gasteiger partial charge >= 0.3 is 7.82 Å². The Bertz CT molecular complexity index is 475. The van der Waals surface area contributed by atoms with Crippen LogP contribution in [0, 0.1) is 0 Å². The predicted octanol–water partition coefficient (Wildman–Crippen LogP) is 7.57. The van der Waals surface area contributed by atoms with Crippen LogP contribution in [-0.2, 0) is 13.6 Å². The smallest absolute Gasteiger partial charge is 0.323 e. The fraction of sp³-hybridized carbons (Fsp3) is 1.00. The van der Waals surface area contributed by atoms with Gasteiger partial charge in [-0.2, -0.15) is 11.8 Å². The van der Waals surface area contributed by atoms with Gasteiger partial charge in [0.1, 0.15) is 13.2 Å². The topological polar surface area (TPSA) is 55.8 Å². The van der Waals surface area contributed by atoms with Gasteiger partial charge in [0.25, 0.3) is 0 Å². The van der Waals surface area contributed by atoms with Crippen molar-refractivity contribution in [2.45, 2.75) is 110 Å². The molecule has 0 aromatic rings. The molecule has 0 radical (unpaired) electrons. The van der Waals surface area contributed by atoms with Crippen LogP contribution in [0.15, 0.2) is 0 Å². The van der Waals surface area contributed by atoms with Crippen LogP contribution in [-0.4, -0.2) is 60.8 Å². The molecule has 0 spiro atoms. The van der Waals surface area contributed by atoms with Gasteiger partial charge in [0.15, 0.2) is 0 Å². The van der Waals surface area contributed by atoms with Crippen LogP contribution < -0.4 is 0 Å². The largest absolute Gasteiger partial charge is 0.472 e. The number of nitrogens with zero attached hydrogens (tertiary/aromatic N) is 1. The average Bonchev–Trinajstić information content (AvgIpc) is 2.76. The maximum atomic E-state index is 12.0. The van der Waals surface area contributed by atoms with Crippen LogP contribution in [0.5, 0.6) is 0 Å². The molecule has 0 aromatic carbocycles. The molecular formula is C25H53NO4PS+. The number of phosphoric acid groups is 1. The Balaban J connectivity index is 1.82. The zero-order valence-corrected chi connectivity index (χ0v) is 22.9. The lowest BCUT2D eigenvalue weighted by Crippen LogP contribution is -2.51. The van der Waals surface area contributed by atoms with E-state index in [1.54, 1.807) is 0 Å². The molecule has 0 aromatic heterocycles. The van der Waals surface area contributed by atoms with E-state index >= 15 is 0 Å². The second-order valence-electron chi connectivity index (χ2n) is 9.84. The molecule has 0 saturated carbocycles. The summed E-state index contributed by atoms with van der Waals surface area (Å²) in [6.45, 7) is 5.85. The van der Waals surface area contributed by atoms with Crippen molar-refractivity contribution >= 4 is 19.6 Å². The number of likely N-dealkylation sites (N-methyl/N-ethyl adjacent to an activating group) is 1. The molecule has 0 amide bonds. The van der Waals surface area contributed by atoms with Gasteiger partial charge in [-0.3, -0.25) is 9.05 Å². The van der Waals surface area contributed by atoms with E-state index in [1.807, 2.05) is 11.8 Å². The summed E-state index contributed by atoms with van der Waals surface area (Å²) in [4.78, 5) is 9.85. The first-order chi connectivity index (χ1) is 15.5. The maximum absolute atomic E-state index is 12.0. The fourth-order valence-electron chi connectivity index (χ4n) is 4.25. The van der Waals surface area contributed by atoms with Gasteiger partial charge in [0, 0.05) is 11.5 Å². The van der Waals surface area contributed by atoms with Crippen LogP contribution in [0.4, 0.5) is 0 Å². The van der Waals surface area contributed by atoms with Gasteiger partial charge in [-0.25, -0.2) is 4.57 Å². The summed E-state index contributed by atoms with van der Waals surface area (Å²) in [5.41, 5.74) is 0. The molecule has 1 unspecified atom stereocenters. The molecule has 1 aliphatic heterocycles. The molecule has 1 heterocycles. The first-order valence-corrected chi connectivity index (χ1v) is 16.2. The molecular weight excluding hydrogens is 441 g/mol. The Labute approximate surface area is 203 Å². The van der Waals surface area contributed by atoms with Gasteiger partial charge in [-0.05, 0) is 6.42 Å². The maximum Gasteiger partial charge on any atom is 0.472 e. The van der Waals surface area contributed by atoms with Gasteiger partial charge in [-0.1, -0.05) is 103 Å². The van der Waals surface area contributed by atoms with Crippen LogP contribution in [0.3, 0.4) is 0 Å². The lowest BCUT2D eigenvalue weighted by molar-refractivity contribution is -0.906. The standard InChI is InChI=1S/C25H52NO4PS/c1-3-4-5-6-7-8-9-10-11-12-13-14-15-16-17-18-22-29-31(27,28)30-23-19-26(2)20-24-32-25-21-26/h3-25H2,1-2H3/p+1. The van der Waals surface area contributed by atoms with Crippen molar-refractivity contribution in [1.29, 1.82) is 0 Å². The first kappa shape index (κ1) is 30.5. The van der Waals surface area contributed by atoms with Crippen molar-refractivity contribution in [3.8, 4) is 0 Å². The van der Waals surface area contributed by atoms with Gasteiger partial charge in [0.05, 0.1) is 26.7 Å². The molecule has 1 N–H and O–H groups in total. The van der Waals surface area contributed by atoms with Crippen molar-refractivity contribution in [3.63, 3.8) is 0 Å². The molecule has 1 atom stereocenters. The summed E-state index contributed by atoms with van der Waals surface area (Å²) in [7, 11) is -1.70. The van der Waals surface area contributed by atoms with E-state index in [4.69, 9.17) is 9.05 Å². The molecule has 5 nitrogen and oxygen atoms in total. The lowest BCUT2D eigenvalue weighted by atomic mass is 10.0. The third-order valence-electron chi connectivity index (χ3n) is 6.69. The van der Waals surface area contributed by atoms with Crippen LogP contribution >= 0.6 is 19.6 Å². The van der Waals surface area contributed by atoms with Gasteiger partial charge in [0.2, 0.25) is 0 Å². The van der Waals surface area contributed by atoms with Crippen molar-refractivity contribution in [2.24, 2.45) is 0 Å². The lowest BCUT2D eigenvalue weighted by Gasteiger charge is -2.37. The highest BCUT2D eigenvalue weighted by atomic mass is 32.2. The Morgan fingerprint density at radius 1 is 0.719 bits per heavy atom. The molecule has 1 saturated heterocycles. The summed E-state index contributed by atoms with van der Waals surface area (Å²) < 4.78 is 23.3. The van der Waals surface area contributed by atoms with Gasteiger partial charge in [-0.15, -0.1) is 0 Å². The Morgan fingerprint density at radius 2 is 1.12 bits per heavy atom. The SMILES string of the molecule is CCCCCCCCCCCCCCCCCCOP(=O)(O)OCC[N+]1(C)CCSCC1. The normalized spacial score (nSPS) is 18.0. The van der Waals surface area contributed by atoms with Crippen molar-refractivity contribution in [2.75, 3.05) is 51.4 Å². The highest BCUT2D eigenvalue weighted by Gasteiger charge is 2.27. The van der Waals surface area contributed by atoms with Gasteiger partial charge < -0.3 is 9.38 Å². The van der Waals surface area contributed by atoms with Crippen LogP contribution in [0.2, 0.25) is 0 Å². The summed E-state index contributed by atoms with van der Waals surface area (Å²) >= 11 is 1.98. The molecule has 1 fully saturated rings. The Hall–Kier alpha value is 0.420. The number of unbranched alkanes of at least 4 members (excludes halogenated alkanes) is 15. The van der Waals surface area contributed by atoms with Crippen molar-refractivity contribution < 1.29 is 23.0 Å². The number of hydrogen-bond acceptors (Lipinski definition) is 4. The zero-order chi connectivity index (χ0) is 23.4. The highest BCUT2D eigenvalue weighted by molar-refractivity contribution is 7.99. The number of phosphoric ester groups is 1. The first-order valence-electron chi connectivity index (χ1n) is 13.5. The van der Waals surface area contributed by atoms with E-state index < -0.39 is 7.82 Å². The fourth-order valence-corrected chi connectivity index (χ4v) is 6.34. The van der Waals surface area contributed by atoms with Crippen molar-refractivity contribution in [3.05, 3.63) is 0 Å². The second kappa shape index (κ2) is 19.7. The number of hydrogen-bond donors (Lipinski definition) is 1. The minimum Gasteiger partial charge on any atom is -0.323 e. The predicted molar refractivity (Wildman–Crippen MR) is 139 cm³/mol. The Kier molecular flexibility index (Phi) is 18.7. The van der Waals surface area contributed by atoms with Crippen LogP contribution in [0.1, 0.15) is 110 Å². The third kappa shape index (κ3) is 17.8. The molecule has 32 heavy (non-hydrogen) atoms. The third-order valence-corrected chi connectivity index (χ3v) is 8.65. The minimum atomic E-state index is -3.90. The van der Waals surface area contributed by atoms with Crippen molar-refractivity contribution in [1.82, 2.24) is 0 Å². The quantitative estimate of drug-likeness (QED) is 0.0955. The number of quaternary nitrogens is 1. The molecule has 192 valence electrons. The highest BCUT2D eigenvalue weighted by Crippen LogP contribution is 2.43. The molecule has 0 aliphatic carbocycles. The second-order valence-corrected chi connectivity index (χ2v) is 12.5. The van der Waals surface area contributed by atoms with E-state index in [0.717, 1.165) is 48.5 Å². The molecule has 7 heteroatoms. The molecule has 1 rings (SSSR count). The summed E-state index contributed by atoms with van der Waals surface area (Å²) in [6, 6.07) is 0. The number of thioether (sulfide) groups is 1. The molecule has 0 bridgehead atoms. The van der Waals surface area contributed by atoms with Crippen LogP contribution in [0.25, 0.3) is 0 Å². The minimum absolute atomic E-state index is 0.286. The number of rotatable bonds is 22. The summed E-state index contributed by atoms with van der Waals surface area (Å²) in [5.74, 6) is 2.31.